The number of halogens is 2. The zero-order valence-electron chi connectivity index (χ0n) is 15.9. The van der Waals surface area contributed by atoms with Crippen molar-refractivity contribution in [2.45, 2.75) is 27.7 Å². The zero-order chi connectivity index (χ0) is 21.4. The number of hydrogen-bond acceptors (Lipinski definition) is 6. The highest BCUT2D eigenvalue weighted by Gasteiger charge is 2.27. The van der Waals surface area contributed by atoms with Crippen LogP contribution in [0.1, 0.15) is 19.3 Å². The van der Waals surface area contributed by atoms with E-state index in [1.165, 1.54) is 20.2 Å². The van der Waals surface area contributed by atoms with Crippen molar-refractivity contribution in [2.75, 3.05) is 36.8 Å². The van der Waals surface area contributed by atoms with E-state index in [1.54, 1.807) is 4.90 Å². The Kier molecular flexibility index (Phi) is 6.18. The molecule has 1 aliphatic rings. The lowest BCUT2D eigenvalue weighted by atomic mass is 10.1. The molecule has 1 aliphatic heterocycles. The second-order valence-electron chi connectivity index (χ2n) is 6.80. The van der Waals surface area contributed by atoms with Gasteiger partial charge in [-0.2, -0.15) is 0 Å². The minimum absolute atomic E-state index is 0.00707. The number of sulfonamides is 2. The fraction of sp³-hybridized carbons (Fsp3) is 0.412. The summed E-state index contributed by atoms with van der Waals surface area (Å²) < 4.78 is 81.1. The fourth-order valence-corrected chi connectivity index (χ4v) is 7.04. The molecule has 0 spiro atoms. The predicted octanol–water partition coefficient (Wildman–Crippen LogP) is 3.07. The summed E-state index contributed by atoms with van der Waals surface area (Å²) >= 11 is 0.563. The van der Waals surface area contributed by atoms with E-state index in [-0.39, 0.29) is 19.8 Å². The first kappa shape index (κ1) is 21.9. The summed E-state index contributed by atoms with van der Waals surface area (Å²) in [5.41, 5.74) is -0.220. The van der Waals surface area contributed by atoms with E-state index in [2.05, 4.69) is 4.72 Å². The second kappa shape index (κ2) is 8.17. The topological polar surface area (TPSA) is 86.8 Å². The summed E-state index contributed by atoms with van der Waals surface area (Å²) in [6.45, 7) is 1.06. The van der Waals surface area contributed by atoms with E-state index in [0.717, 1.165) is 35.7 Å². The van der Waals surface area contributed by atoms with Crippen LogP contribution in [-0.4, -0.2) is 48.3 Å². The van der Waals surface area contributed by atoms with E-state index in [9.17, 15) is 25.6 Å². The van der Waals surface area contributed by atoms with Crippen molar-refractivity contribution >= 4 is 42.8 Å². The number of anilines is 2. The van der Waals surface area contributed by atoms with E-state index < -0.39 is 31.7 Å². The van der Waals surface area contributed by atoms with Crippen LogP contribution in [0.3, 0.4) is 0 Å². The third kappa shape index (κ3) is 4.55. The van der Waals surface area contributed by atoms with Crippen LogP contribution in [0.2, 0.25) is 0 Å². The number of rotatable bonds is 6. The number of benzene rings is 1. The van der Waals surface area contributed by atoms with Gasteiger partial charge in [0, 0.05) is 39.3 Å². The molecular weight excluding hydrogens is 444 g/mol. The van der Waals surface area contributed by atoms with E-state index in [0.29, 0.717) is 30.5 Å². The van der Waals surface area contributed by atoms with Crippen LogP contribution < -0.4 is 9.62 Å². The smallest absolute Gasteiger partial charge is 0.271 e. The normalized spacial score (nSPS) is 15.7. The van der Waals surface area contributed by atoms with Gasteiger partial charge in [0.1, 0.15) is 14.2 Å². The number of nitrogens with zero attached hydrogens (tertiary/aromatic N) is 2. The maximum Gasteiger partial charge on any atom is 0.271 e. The van der Waals surface area contributed by atoms with Crippen LogP contribution in [0.15, 0.2) is 32.7 Å². The first-order valence-corrected chi connectivity index (χ1v) is 12.6. The van der Waals surface area contributed by atoms with Gasteiger partial charge in [0.05, 0.1) is 11.4 Å². The van der Waals surface area contributed by atoms with Crippen LogP contribution in [0.25, 0.3) is 0 Å². The van der Waals surface area contributed by atoms with Crippen LogP contribution >= 0.6 is 11.3 Å². The Labute approximate surface area is 173 Å². The molecule has 2 aromatic rings. The standard InChI is InChI=1S/C17H21F2N3O4S3/c1-21(2)29(25,26)16-7-6-15(27-16)28(23,24)20-14-11-12(18)10-13(19)17(14)22-8-4-3-5-9-22/h6-7,10-11,20H,3-5,8-9H2,1-2H3. The Hall–Kier alpha value is -1.76. The maximum absolute atomic E-state index is 14.5. The van der Waals surface area contributed by atoms with E-state index in [1.807, 2.05) is 0 Å². The predicted molar refractivity (Wildman–Crippen MR) is 108 cm³/mol. The number of hydrogen-bond donors (Lipinski definition) is 1. The van der Waals surface area contributed by atoms with E-state index in [4.69, 9.17) is 0 Å². The van der Waals surface area contributed by atoms with Crippen molar-refractivity contribution in [3.8, 4) is 0 Å². The Morgan fingerprint density at radius 3 is 2.24 bits per heavy atom. The molecule has 12 heteroatoms. The molecule has 0 unspecified atom stereocenters. The van der Waals surface area contributed by atoms with Crippen LogP contribution in [-0.2, 0) is 20.0 Å². The van der Waals surface area contributed by atoms with Gasteiger partial charge in [-0.25, -0.2) is 29.9 Å². The molecule has 1 aromatic carbocycles. The van der Waals surface area contributed by atoms with Crippen molar-refractivity contribution in [2.24, 2.45) is 0 Å². The van der Waals surface area contributed by atoms with Gasteiger partial charge in [0.25, 0.3) is 20.0 Å². The molecule has 1 saturated heterocycles. The van der Waals surface area contributed by atoms with Gasteiger partial charge in [-0.05, 0) is 31.4 Å². The Balaban J connectivity index is 1.98. The van der Waals surface area contributed by atoms with Crippen LogP contribution in [0.4, 0.5) is 20.2 Å². The molecule has 160 valence electrons. The first-order valence-electron chi connectivity index (χ1n) is 8.81. The molecule has 7 nitrogen and oxygen atoms in total. The second-order valence-corrected chi connectivity index (χ2v) is 12.2. The average Bonchev–Trinajstić information content (AvgIpc) is 3.13. The molecule has 0 bridgehead atoms. The lowest BCUT2D eigenvalue weighted by molar-refractivity contribution is 0.523. The van der Waals surface area contributed by atoms with E-state index >= 15 is 0 Å². The molecule has 0 aliphatic carbocycles. The largest absolute Gasteiger partial charge is 0.367 e. The highest BCUT2D eigenvalue weighted by Crippen LogP contribution is 2.35. The van der Waals surface area contributed by atoms with Crippen molar-refractivity contribution in [3.05, 3.63) is 35.9 Å². The quantitative estimate of drug-likeness (QED) is 0.709. The summed E-state index contributed by atoms with van der Waals surface area (Å²) in [6, 6.07) is 3.98. The SMILES string of the molecule is CN(C)S(=O)(=O)c1ccc(S(=O)(=O)Nc2cc(F)cc(F)c2N2CCCCC2)s1. The third-order valence-corrected chi connectivity index (χ3v) is 9.73. The zero-order valence-corrected chi connectivity index (χ0v) is 18.3. The van der Waals surface area contributed by atoms with Gasteiger partial charge in [0.2, 0.25) is 0 Å². The van der Waals surface area contributed by atoms with Gasteiger partial charge >= 0.3 is 0 Å². The molecular formula is C17H21F2N3O4S3. The molecule has 0 saturated carbocycles. The minimum atomic E-state index is -4.25. The molecule has 0 amide bonds. The van der Waals surface area contributed by atoms with Gasteiger partial charge in [0.15, 0.2) is 5.82 Å². The summed E-state index contributed by atoms with van der Waals surface area (Å²) in [7, 11) is -5.37. The Bertz CT molecular complexity index is 1110. The van der Waals surface area contributed by atoms with Crippen LogP contribution in [0, 0.1) is 11.6 Å². The minimum Gasteiger partial charge on any atom is -0.367 e. The summed E-state index contributed by atoms with van der Waals surface area (Å²) in [5.74, 6) is -1.77. The molecule has 3 rings (SSSR count). The van der Waals surface area contributed by atoms with Crippen molar-refractivity contribution in [3.63, 3.8) is 0 Å². The van der Waals surface area contributed by atoms with Gasteiger partial charge in [-0.1, -0.05) is 0 Å². The van der Waals surface area contributed by atoms with Gasteiger partial charge in [-0.3, -0.25) is 4.72 Å². The summed E-state index contributed by atoms with van der Waals surface area (Å²) in [4.78, 5) is 1.69. The van der Waals surface area contributed by atoms with Crippen molar-refractivity contribution < 1.29 is 25.6 Å². The van der Waals surface area contributed by atoms with Crippen molar-refractivity contribution in [1.29, 1.82) is 0 Å². The number of piperidine rings is 1. The maximum atomic E-state index is 14.5. The average molecular weight is 466 g/mol. The molecule has 1 fully saturated rings. The highest BCUT2D eigenvalue weighted by atomic mass is 32.3. The third-order valence-electron chi connectivity index (χ3n) is 4.50. The Morgan fingerprint density at radius 2 is 1.62 bits per heavy atom. The summed E-state index contributed by atoms with van der Waals surface area (Å²) in [5, 5.41) is 0. The Morgan fingerprint density at radius 1 is 1.00 bits per heavy atom. The monoisotopic (exact) mass is 465 g/mol. The van der Waals surface area contributed by atoms with Crippen molar-refractivity contribution in [1.82, 2.24) is 4.31 Å². The van der Waals surface area contributed by atoms with Crippen LogP contribution in [0.5, 0.6) is 0 Å². The fourth-order valence-electron chi connectivity index (χ4n) is 3.04. The lowest BCUT2D eigenvalue weighted by Crippen LogP contribution is -2.31. The summed E-state index contributed by atoms with van der Waals surface area (Å²) in [6.07, 6.45) is 2.62. The first-order chi connectivity index (χ1) is 13.5. The lowest BCUT2D eigenvalue weighted by Gasteiger charge is -2.31. The van der Waals surface area contributed by atoms with Gasteiger partial charge in [-0.15, -0.1) is 11.3 Å². The highest BCUT2D eigenvalue weighted by molar-refractivity contribution is 7.96. The number of thiophene rings is 1. The van der Waals surface area contributed by atoms with Gasteiger partial charge < -0.3 is 4.90 Å². The molecule has 0 radical (unpaired) electrons. The molecule has 2 heterocycles. The molecule has 1 aromatic heterocycles. The molecule has 29 heavy (non-hydrogen) atoms. The molecule has 1 N–H and O–H groups in total. The number of nitrogens with one attached hydrogen (secondary N) is 1. The molecule has 0 atom stereocenters.